The first-order valence-corrected chi connectivity index (χ1v) is 6.67. The van der Waals surface area contributed by atoms with Crippen LogP contribution in [-0.4, -0.2) is 26.1 Å². The van der Waals surface area contributed by atoms with Crippen LogP contribution >= 0.6 is 0 Å². The maximum Gasteiger partial charge on any atom is 0.150 e. The van der Waals surface area contributed by atoms with Gasteiger partial charge in [-0.15, -0.1) is 0 Å². The lowest BCUT2D eigenvalue weighted by Gasteiger charge is -2.09. The second-order valence-electron chi connectivity index (χ2n) is 4.78. The van der Waals surface area contributed by atoms with Gasteiger partial charge < -0.3 is 9.88 Å². The number of nitrogens with zero attached hydrogens (tertiary/aromatic N) is 4. The second kappa shape index (κ2) is 5.82. The van der Waals surface area contributed by atoms with Gasteiger partial charge in [0.2, 0.25) is 0 Å². The number of hydrogen-bond acceptors (Lipinski definition) is 4. The fraction of sp³-hybridized carbons (Fsp3) is 0.500. The summed E-state index contributed by atoms with van der Waals surface area (Å²) >= 11 is 0. The van der Waals surface area contributed by atoms with Crippen LogP contribution in [-0.2, 0) is 6.54 Å². The SMILES string of the molecule is CCCNc1cc(C)nc(Cn2cnc(C)c2C)n1. The minimum Gasteiger partial charge on any atom is -0.370 e. The van der Waals surface area contributed by atoms with Crippen LogP contribution < -0.4 is 5.32 Å². The first-order chi connectivity index (χ1) is 9.10. The first kappa shape index (κ1) is 13.5. The Morgan fingerprint density at radius 1 is 1.21 bits per heavy atom. The van der Waals surface area contributed by atoms with Crippen LogP contribution in [0.5, 0.6) is 0 Å². The fourth-order valence-corrected chi connectivity index (χ4v) is 1.90. The summed E-state index contributed by atoms with van der Waals surface area (Å²) in [6, 6.07) is 1.98. The van der Waals surface area contributed by atoms with E-state index in [9.17, 15) is 0 Å². The Bertz CT molecular complexity index is 559. The van der Waals surface area contributed by atoms with Crippen LogP contribution in [0.25, 0.3) is 0 Å². The van der Waals surface area contributed by atoms with Gasteiger partial charge in [-0.05, 0) is 27.2 Å². The van der Waals surface area contributed by atoms with E-state index in [1.807, 2.05) is 26.2 Å². The largest absolute Gasteiger partial charge is 0.370 e. The molecule has 0 bridgehead atoms. The van der Waals surface area contributed by atoms with E-state index in [0.29, 0.717) is 6.54 Å². The van der Waals surface area contributed by atoms with E-state index in [4.69, 9.17) is 0 Å². The molecule has 0 unspecified atom stereocenters. The second-order valence-corrected chi connectivity index (χ2v) is 4.78. The summed E-state index contributed by atoms with van der Waals surface area (Å²) in [5, 5.41) is 3.31. The predicted molar refractivity (Wildman–Crippen MR) is 76.4 cm³/mol. The molecule has 0 aliphatic rings. The van der Waals surface area contributed by atoms with Crippen molar-refractivity contribution in [3.05, 3.63) is 35.3 Å². The van der Waals surface area contributed by atoms with Crippen LogP contribution in [0, 0.1) is 20.8 Å². The first-order valence-electron chi connectivity index (χ1n) is 6.67. The Kier molecular flexibility index (Phi) is 4.14. The molecule has 0 saturated carbocycles. The standard InChI is InChI=1S/C14H21N5/c1-5-6-15-13-7-10(2)17-14(18-13)8-19-9-16-11(3)12(19)4/h7,9H,5-6,8H2,1-4H3,(H,15,17,18). The van der Waals surface area contributed by atoms with Crippen LogP contribution in [0.2, 0.25) is 0 Å². The molecule has 0 radical (unpaired) electrons. The Morgan fingerprint density at radius 3 is 2.63 bits per heavy atom. The molecule has 0 aliphatic carbocycles. The minimum absolute atomic E-state index is 0.662. The number of hydrogen-bond donors (Lipinski definition) is 1. The molecule has 2 rings (SSSR count). The van der Waals surface area contributed by atoms with Crippen molar-refractivity contribution >= 4 is 5.82 Å². The van der Waals surface area contributed by atoms with Crippen LogP contribution in [0.1, 0.15) is 36.3 Å². The van der Waals surface area contributed by atoms with Gasteiger partial charge in [0.15, 0.2) is 5.82 Å². The molecule has 19 heavy (non-hydrogen) atoms. The van der Waals surface area contributed by atoms with Crippen molar-refractivity contribution in [2.75, 3.05) is 11.9 Å². The summed E-state index contributed by atoms with van der Waals surface area (Å²) in [5.41, 5.74) is 3.20. The normalized spacial score (nSPS) is 10.7. The molecule has 0 fully saturated rings. The van der Waals surface area contributed by atoms with Crippen LogP contribution in [0.4, 0.5) is 5.82 Å². The highest BCUT2D eigenvalue weighted by atomic mass is 15.1. The fourth-order valence-electron chi connectivity index (χ4n) is 1.90. The van der Waals surface area contributed by atoms with Crippen molar-refractivity contribution in [3.8, 4) is 0 Å². The lowest BCUT2D eigenvalue weighted by molar-refractivity contribution is 0.718. The molecule has 0 amide bonds. The summed E-state index contributed by atoms with van der Waals surface area (Å²) in [6.45, 7) is 9.80. The van der Waals surface area contributed by atoms with Gasteiger partial charge in [0.1, 0.15) is 5.82 Å². The van der Waals surface area contributed by atoms with E-state index in [1.165, 1.54) is 0 Å². The van der Waals surface area contributed by atoms with E-state index in [2.05, 4.69) is 38.7 Å². The van der Waals surface area contributed by atoms with Gasteiger partial charge in [-0.3, -0.25) is 0 Å². The average molecular weight is 259 g/mol. The Balaban J connectivity index is 2.20. The predicted octanol–water partition coefficient (Wildman–Crippen LogP) is 2.47. The molecule has 1 N–H and O–H groups in total. The van der Waals surface area contributed by atoms with Gasteiger partial charge in [0, 0.05) is 24.0 Å². The Labute approximate surface area is 114 Å². The number of nitrogens with one attached hydrogen (secondary N) is 1. The lowest BCUT2D eigenvalue weighted by Crippen LogP contribution is -2.09. The highest BCUT2D eigenvalue weighted by molar-refractivity contribution is 5.35. The number of imidazole rings is 1. The maximum absolute atomic E-state index is 4.55. The van der Waals surface area contributed by atoms with Crippen LogP contribution in [0.15, 0.2) is 12.4 Å². The highest BCUT2D eigenvalue weighted by Crippen LogP contribution is 2.10. The van der Waals surface area contributed by atoms with E-state index in [1.54, 1.807) is 0 Å². The number of aromatic nitrogens is 4. The molecule has 5 heteroatoms. The number of aryl methyl sites for hydroxylation is 2. The van der Waals surface area contributed by atoms with E-state index in [-0.39, 0.29) is 0 Å². The van der Waals surface area contributed by atoms with Gasteiger partial charge in [-0.2, -0.15) is 0 Å². The molecule has 0 saturated heterocycles. The molecule has 0 aromatic carbocycles. The number of rotatable bonds is 5. The molecule has 5 nitrogen and oxygen atoms in total. The Morgan fingerprint density at radius 2 is 2.00 bits per heavy atom. The monoisotopic (exact) mass is 259 g/mol. The summed E-state index contributed by atoms with van der Waals surface area (Å²) in [6.07, 6.45) is 2.92. The maximum atomic E-state index is 4.55. The summed E-state index contributed by atoms with van der Waals surface area (Å²) in [7, 11) is 0. The van der Waals surface area contributed by atoms with Gasteiger partial charge in [-0.1, -0.05) is 6.92 Å². The smallest absolute Gasteiger partial charge is 0.150 e. The molecule has 2 aromatic heterocycles. The van der Waals surface area contributed by atoms with E-state index >= 15 is 0 Å². The molecule has 2 aromatic rings. The average Bonchev–Trinajstić information content (AvgIpc) is 2.68. The van der Waals surface area contributed by atoms with Crippen molar-refractivity contribution < 1.29 is 0 Å². The topological polar surface area (TPSA) is 55.6 Å². The molecular weight excluding hydrogens is 238 g/mol. The molecule has 102 valence electrons. The third-order valence-corrected chi connectivity index (χ3v) is 3.11. The van der Waals surface area contributed by atoms with Crippen molar-refractivity contribution in [2.45, 2.75) is 40.7 Å². The minimum atomic E-state index is 0.662. The van der Waals surface area contributed by atoms with Gasteiger partial charge >= 0.3 is 0 Å². The van der Waals surface area contributed by atoms with Crippen molar-refractivity contribution in [2.24, 2.45) is 0 Å². The zero-order valence-electron chi connectivity index (χ0n) is 12.1. The zero-order chi connectivity index (χ0) is 13.8. The summed E-state index contributed by atoms with van der Waals surface area (Å²) in [4.78, 5) is 13.3. The van der Waals surface area contributed by atoms with Gasteiger partial charge in [0.25, 0.3) is 0 Å². The lowest BCUT2D eigenvalue weighted by atomic mass is 10.3. The third-order valence-electron chi connectivity index (χ3n) is 3.11. The molecule has 2 heterocycles. The summed E-state index contributed by atoms with van der Waals surface area (Å²) < 4.78 is 2.08. The van der Waals surface area contributed by atoms with Crippen LogP contribution in [0.3, 0.4) is 0 Å². The molecule has 0 spiro atoms. The van der Waals surface area contributed by atoms with Crippen molar-refractivity contribution in [3.63, 3.8) is 0 Å². The van der Waals surface area contributed by atoms with Gasteiger partial charge in [-0.25, -0.2) is 15.0 Å². The van der Waals surface area contributed by atoms with E-state index in [0.717, 1.165) is 41.7 Å². The van der Waals surface area contributed by atoms with E-state index < -0.39 is 0 Å². The van der Waals surface area contributed by atoms with Gasteiger partial charge in [0.05, 0.1) is 18.6 Å². The molecule has 0 aliphatic heterocycles. The van der Waals surface area contributed by atoms with Crippen molar-refractivity contribution in [1.29, 1.82) is 0 Å². The number of anilines is 1. The summed E-state index contributed by atoms with van der Waals surface area (Å²) in [5.74, 6) is 1.72. The quantitative estimate of drug-likeness (QED) is 0.896. The molecule has 0 atom stereocenters. The zero-order valence-corrected chi connectivity index (χ0v) is 12.1. The molecular formula is C14H21N5. The third kappa shape index (κ3) is 3.30. The van der Waals surface area contributed by atoms with Crippen molar-refractivity contribution in [1.82, 2.24) is 19.5 Å². The highest BCUT2D eigenvalue weighted by Gasteiger charge is 2.06. The Hall–Kier alpha value is -1.91.